The number of nitrogens with two attached hydrogens (primary N) is 1. The monoisotopic (exact) mass is 235 g/mol. The third-order valence-corrected chi connectivity index (χ3v) is 2.51. The van der Waals surface area contributed by atoms with Crippen LogP contribution < -0.4 is 16.4 Å². The molecule has 0 saturated heterocycles. The summed E-state index contributed by atoms with van der Waals surface area (Å²) < 4.78 is 0. The summed E-state index contributed by atoms with van der Waals surface area (Å²) in [7, 11) is 0. The van der Waals surface area contributed by atoms with Crippen LogP contribution in [0.15, 0.2) is 30.3 Å². The summed E-state index contributed by atoms with van der Waals surface area (Å²) in [5.41, 5.74) is 6.59. The van der Waals surface area contributed by atoms with Gasteiger partial charge < -0.3 is 16.4 Å². The van der Waals surface area contributed by atoms with Crippen molar-refractivity contribution in [2.45, 2.75) is 13.5 Å². The maximum absolute atomic E-state index is 11.5. The van der Waals surface area contributed by atoms with E-state index in [0.29, 0.717) is 25.6 Å². The number of hydrogen-bond acceptors (Lipinski definition) is 3. The zero-order valence-electron chi connectivity index (χ0n) is 10.3. The molecule has 1 atom stereocenters. The zero-order chi connectivity index (χ0) is 12.5. The van der Waals surface area contributed by atoms with Gasteiger partial charge in [-0.25, -0.2) is 0 Å². The smallest absolute Gasteiger partial charge is 0.234 e. The van der Waals surface area contributed by atoms with Gasteiger partial charge >= 0.3 is 0 Å². The number of hydrogen-bond donors (Lipinski definition) is 3. The van der Waals surface area contributed by atoms with Crippen LogP contribution in [-0.4, -0.2) is 25.5 Å². The molecule has 0 bridgehead atoms. The highest BCUT2D eigenvalue weighted by Crippen LogP contribution is 1.96. The summed E-state index contributed by atoms with van der Waals surface area (Å²) in [6.45, 7) is 4.38. The summed E-state index contributed by atoms with van der Waals surface area (Å²) in [5, 5.41) is 5.94. The maximum Gasteiger partial charge on any atom is 0.234 e. The molecule has 0 radical (unpaired) electrons. The third kappa shape index (κ3) is 6.04. The highest BCUT2D eigenvalue weighted by molar-refractivity contribution is 5.77. The molecule has 0 heterocycles. The van der Waals surface area contributed by atoms with Crippen molar-refractivity contribution in [2.24, 2.45) is 11.7 Å². The molecule has 0 aliphatic rings. The lowest BCUT2D eigenvalue weighted by atomic mass is 10.2. The molecular formula is C13H21N3O. The number of benzene rings is 1. The molecule has 0 saturated carbocycles. The van der Waals surface area contributed by atoms with Gasteiger partial charge in [-0.1, -0.05) is 37.3 Å². The van der Waals surface area contributed by atoms with Crippen LogP contribution in [-0.2, 0) is 11.3 Å². The van der Waals surface area contributed by atoms with Crippen LogP contribution in [0.1, 0.15) is 12.5 Å². The molecule has 4 N–H and O–H groups in total. The number of rotatable bonds is 7. The number of carbonyl (C=O) groups is 1. The quantitative estimate of drug-likeness (QED) is 0.644. The molecule has 1 unspecified atom stereocenters. The van der Waals surface area contributed by atoms with Gasteiger partial charge in [0.05, 0.1) is 6.54 Å². The lowest BCUT2D eigenvalue weighted by Gasteiger charge is -2.10. The van der Waals surface area contributed by atoms with E-state index in [9.17, 15) is 4.79 Å². The van der Waals surface area contributed by atoms with Gasteiger partial charge in [0.2, 0.25) is 5.91 Å². The summed E-state index contributed by atoms with van der Waals surface area (Å²) in [6, 6.07) is 9.86. The molecule has 17 heavy (non-hydrogen) atoms. The molecule has 94 valence electrons. The normalized spacial score (nSPS) is 12.1. The van der Waals surface area contributed by atoms with Crippen molar-refractivity contribution >= 4 is 5.91 Å². The summed E-state index contributed by atoms with van der Waals surface area (Å²) >= 11 is 0. The van der Waals surface area contributed by atoms with Crippen molar-refractivity contribution in [2.75, 3.05) is 19.6 Å². The van der Waals surface area contributed by atoms with Crippen molar-refractivity contribution in [3.63, 3.8) is 0 Å². The fourth-order valence-corrected chi connectivity index (χ4v) is 1.37. The Balaban J connectivity index is 2.13. The van der Waals surface area contributed by atoms with Gasteiger partial charge in [0.1, 0.15) is 0 Å². The molecule has 0 spiro atoms. The first-order valence-electron chi connectivity index (χ1n) is 5.93. The lowest BCUT2D eigenvalue weighted by molar-refractivity contribution is -0.120. The lowest BCUT2D eigenvalue weighted by Crippen LogP contribution is -2.36. The Kier molecular flexibility index (Phi) is 6.29. The Morgan fingerprint density at radius 2 is 2.06 bits per heavy atom. The fraction of sp³-hybridized carbons (Fsp3) is 0.462. The van der Waals surface area contributed by atoms with E-state index < -0.39 is 0 Å². The molecule has 4 nitrogen and oxygen atoms in total. The molecule has 4 heteroatoms. The third-order valence-electron chi connectivity index (χ3n) is 2.51. The second kappa shape index (κ2) is 7.81. The zero-order valence-corrected chi connectivity index (χ0v) is 10.3. The summed E-state index contributed by atoms with van der Waals surface area (Å²) in [5.74, 6) is 0.412. The van der Waals surface area contributed by atoms with Gasteiger partial charge in [-0.2, -0.15) is 0 Å². The van der Waals surface area contributed by atoms with Gasteiger partial charge in [-0.3, -0.25) is 4.79 Å². The topological polar surface area (TPSA) is 67.1 Å². The number of carbonyl (C=O) groups excluding carboxylic acids is 1. The Morgan fingerprint density at radius 3 is 2.71 bits per heavy atom. The van der Waals surface area contributed by atoms with Crippen LogP contribution in [0.25, 0.3) is 0 Å². The van der Waals surface area contributed by atoms with Crippen LogP contribution >= 0.6 is 0 Å². The van der Waals surface area contributed by atoms with Crippen molar-refractivity contribution in [1.82, 2.24) is 10.6 Å². The molecule has 0 fully saturated rings. The van der Waals surface area contributed by atoms with E-state index in [1.807, 2.05) is 30.3 Å². The molecular weight excluding hydrogens is 214 g/mol. The van der Waals surface area contributed by atoms with Gasteiger partial charge in [-0.05, 0) is 24.6 Å². The molecule has 1 amide bonds. The first kappa shape index (κ1) is 13.7. The van der Waals surface area contributed by atoms with Crippen LogP contribution in [0.2, 0.25) is 0 Å². The van der Waals surface area contributed by atoms with Crippen molar-refractivity contribution < 1.29 is 4.79 Å². The Labute approximate surface area is 103 Å². The van der Waals surface area contributed by atoms with Crippen molar-refractivity contribution in [3.05, 3.63) is 35.9 Å². The van der Waals surface area contributed by atoms with E-state index in [4.69, 9.17) is 5.73 Å². The van der Waals surface area contributed by atoms with E-state index in [-0.39, 0.29) is 5.91 Å². The summed E-state index contributed by atoms with van der Waals surface area (Å²) in [4.78, 5) is 11.5. The van der Waals surface area contributed by atoms with E-state index in [1.54, 1.807) is 0 Å². The molecule has 1 aromatic carbocycles. The Bertz CT molecular complexity index is 327. The van der Waals surface area contributed by atoms with Crippen LogP contribution in [0, 0.1) is 5.92 Å². The second-order valence-corrected chi connectivity index (χ2v) is 4.23. The molecule has 0 aliphatic heterocycles. The maximum atomic E-state index is 11.5. The van der Waals surface area contributed by atoms with Gasteiger partial charge in [0.25, 0.3) is 0 Å². The molecule has 1 rings (SSSR count). The minimum absolute atomic E-state index is 0.0121. The van der Waals surface area contributed by atoms with Crippen molar-refractivity contribution in [1.29, 1.82) is 0 Å². The minimum atomic E-state index is 0.0121. The van der Waals surface area contributed by atoms with E-state index in [1.165, 1.54) is 0 Å². The second-order valence-electron chi connectivity index (χ2n) is 4.23. The highest BCUT2D eigenvalue weighted by atomic mass is 16.1. The first-order valence-corrected chi connectivity index (χ1v) is 5.93. The van der Waals surface area contributed by atoms with Gasteiger partial charge in [0, 0.05) is 6.54 Å². The van der Waals surface area contributed by atoms with Crippen LogP contribution in [0.4, 0.5) is 0 Å². The van der Waals surface area contributed by atoms with E-state index >= 15 is 0 Å². The number of nitrogens with one attached hydrogen (secondary N) is 2. The van der Waals surface area contributed by atoms with E-state index in [0.717, 1.165) is 12.1 Å². The number of amides is 1. The largest absolute Gasteiger partial charge is 0.351 e. The SMILES string of the molecule is CC(CN)CNCC(=O)NCc1ccccc1. The summed E-state index contributed by atoms with van der Waals surface area (Å²) in [6.07, 6.45) is 0. The highest BCUT2D eigenvalue weighted by Gasteiger charge is 2.02. The fourth-order valence-electron chi connectivity index (χ4n) is 1.37. The standard InChI is InChI=1S/C13H21N3O/c1-11(7-14)8-15-10-13(17)16-9-12-5-3-2-4-6-12/h2-6,11,15H,7-10,14H2,1H3,(H,16,17). The predicted molar refractivity (Wildman–Crippen MR) is 69.4 cm³/mol. The average Bonchev–Trinajstić information content (AvgIpc) is 2.37. The Hall–Kier alpha value is -1.39. The average molecular weight is 235 g/mol. The molecule has 1 aromatic rings. The van der Waals surface area contributed by atoms with E-state index in [2.05, 4.69) is 17.6 Å². The molecule has 0 aliphatic carbocycles. The van der Waals surface area contributed by atoms with Gasteiger partial charge in [0.15, 0.2) is 0 Å². The Morgan fingerprint density at radius 1 is 1.35 bits per heavy atom. The van der Waals surface area contributed by atoms with Crippen LogP contribution in [0.5, 0.6) is 0 Å². The predicted octanol–water partition coefficient (Wildman–Crippen LogP) is 0.487. The first-order chi connectivity index (χ1) is 8.22. The van der Waals surface area contributed by atoms with Gasteiger partial charge in [-0.15, -0.1) is 0 Å². The minimum Gasteiger partial charge on any atom is -0.351 e. The van der Waals surface area contributed by atoms with Crippen molar-refractivity contribution in [3.8, 4) is 0 Å². The van der Waals surface area contributed by atoms with Crippen LogP contribution in [0.3, 0.4) is 0 Å². The molecule has 0 aromatic heterocycles.